The van der Waals surface area contributed by atoms with E-state index in [1.54, 1.807) is 32.4 Å². The molecule has 27 heavy (non-hydrogen) atoms. The van der Waals surface area contributed by atoms with Gasteiger partial charge in [-0.15, -0.1) is 0 Å². The number of rotatable bonds is 4. The maximum atomic E-state index is 11.9. The van der Waals surface area contributed by atoms with Gasteiger partial charge >= 0.3 is 0 Å². The minimum atomic E-state index is -0.165. The highest BCUT2D eigenvalue weighted by atomic mass is 16.3. The number of furan rings is 1. The highest BCUT2D eigenvalue weighted by Crippen LogP contribution is 2.22. The second-order valence-corrected chi connectivity index (χ2v) is 6.31. The lowest BCUT2D eigenvalue weighted by atomic mass is 10.2. The van der Waals surface area contributed by atoms with Gasteiger partial charge in [0.2, 0.25) is 0 Å². The van der Waals surface area contributed by atoms with Crippen LogP contribution in [0, 0.1) is 6.92 Å². The molecule has 0 aliphatic rings. The number of carbonyl (C=O) groups is 1. The lowest BCUT2D eigenvalue weighted by Crippen LogP contribution is -2.23. The quantitative estimate of drug-likeness (QED) is 0.548. The van der Waals surface area contributed by atoms with Crippen LogP contribution in [0.4, 0.5) is 5.69 Å². The first-order valence-corrected chi connectivity index (χ1v) is 8.32. The molecule has 1 amide bonds. The molecule has 3 N–H and O–H groups in total. The van der Waals surface area contributed by atoms with Gasteiger partial charge in [-0.05, 0) is 43.3 Å². The van der Waals surface area contributed by atoms with E-state index in [2.05, 4.69) is 21.9 Å². The van der Waals surface area contributed by atoms with Crippen LogP contribution in [-0.2, 0) is 0 Å². The van der Waals surface area contributed by atoms with Crippen LogP contribution in [-0.4, -0.2) is 35.8 Å². The average molecular weight is 363 g/mol. The Balaban J connectivity index is 1.72. The Morgan fingerprint density at radius 2 is 2.04 bits per heavy atom. The van der Waals surface area contributed by atoms with Crippen LogP contribution < -0.4 is 11.1 Å². The second kappa shape index (κ2) is 7.33. The summed E-state index contributed by atoms with van der Waals surface area (Å²) in [6.45, 7) is 5.81. The summed E-state index contributed by atoms with van der Waals surface area (Å²) in [5, 5.41) is 4.01. The van der Waals surface area contributed by atoms with Crippen molar-refractivity contribution in [1.29, 1.82) is 0 Å². The number of nitrogens with one attached hydrogen (secondary N) is 1. The Bertz CT molecular complexity index is 1030. The van der Waals surface area contributed by atoms with Gasteiger partial charge in [0.1, 0.15) is 17.0 Å². The van der Waals surface area contributed by atoms with Crippen molar-refractivity contribution in [3.8, 4) is 0 Å². The van der Waals surface area contributed by atoms with Crippen molar-refractivity contribution in [3.05, 3.63) is 66.2 Å². The molecule has 0 unspecified atom stereocenters. The summed E-state index contributed by atoms with van der Waals surface area (Å²) in [6, 6.07) is 11.0. The highest BCUT2D eigenvalue weighted by molar-refractivity contribution is 5.97. The van der Waals surface area contributed by atoms with Gasteiger partial charge in [0.05, 0.1) is 5.70 Å². The standard InChI is InChI=1S/C20H21N5O2/c1-12-9-15-10-16(6-8-18(15)27-12)24-20(21)23-13(2)14-5-7-17(22-11-14)19(26)25(3)4/h5-11H,2H2,1,3-4H3,(H3,21,23,24). The molecule has 0 spiro atoms. The largest absolute Gasteiger partial charge is 0.461 e. The molecule has 138 valence electrons. The van der Waals surface area contributed by atoms with Crippen LogP contribution in [0.5, 0.6) is 0 Å². The fraction of sp³-hybridized carbons (Fsp3) is 0.150. The first-order chi connectivity index (χ1) is 12.8. The highest BCUT2D eigenvalue weighted by Gasteiger charge is 2.10. The first kappa shape index (κ1) is 18.2. The van der Waals surface area contributed by atoms with Gasteiger partial charge in [0, 0.05) is 36.9 Å². The van der Waals surface area contributed by atoms with Crippen molar-refractivity contribution in [3.63, 3.8) is 0 Å². The molecule has 1 aromatic carbocycles. The Morgan fingerprint density at radius 1 is 1.26 bits per heavy atom. The van der Waals surface area contributed by atoms with E-state index < -0.39 is 0 Å². The number of pyridine rings is 1. The number of aromatic nitrogens is 1. The van der Waals surface area contributed by atoms with Gasteiger partial charge in [-0.1, -0.05) is 6.58 Å². The number of benzene rings is 1. The molecule has 0 saturated carbocycles. The molecule has 0 fully saturated rings. The van der Waals surface area contributed by atoms with E-state index in [4.69, 9.17) is 10.2 Å². The molecule has 3 rings (SSSR count). The third-order valence-corrected chi connectivity index (χ3v) is 3.89. The fourth-order valence-corrected chi connectivity index (χ4v) is 2.56. The van der Waals surface area contributed by atoms with E-state index in [1.165, 1.54) is 4.90 Å². The van der Waals surface area contributed by atoms with E-state index >= 15 is 0 Å². The number of anilines is 1. The molecule has 2 aromatic heterocycles. The number of amides is 1. The number of nitrogens with two attached hydrogens (primary N) is 1. The smallest absolute Gasteiger partial charge is 0.271 e. The van der Waals surface area contributed by atoms with Crippen molar-refractivity contribution in [2.75, 3.05) is 19.4 Å². The van der Waals surface area contributed by atoms with Gasteiger partial charge in [-0.3, -0.25) is 9.78 Å². The molecule has 0 atom stereocenters. The predicted octanol–water partition coefficient (Wildman–Crippen LogP) is 3.24. The molecule has 2 heterocycles. The predicted molar refractivity (Wildman–Crippen MR) is 107 cm³/mol. The molecule has 7 nitrogen and oxygen atoms in total. The van der Waals surface area contributed by atoms with E-state index in [-0.39, 0.29) is 11.9 Å². The van der Waals surface area contributed by atoms with Crippen molar-refractivity contribution in [1.82, 2.24) is 9.88 Å². The zero-order valence-electron chi connectivity index (χ0n) is 15.5. The first-order valence-electron chi connectivity index (χ1n) is 8.32. The van der Waals surface area contributed by atoms with Crippen molar-refractivity contribution in [2.24, 2.45) is 10.7 Å². The maximum Gasteiger partial charge on any atom is 0.271 e. The minimum Gasteiger partial charge on any atom is -0.461 e. The molecule has 3 aromatic rings. The van der Waals surface area contributed by atoms with E-state index in [9.17, 15) is 4.79 Å². The number of hydrogen-bond acceptors (Lipinski definition) is 4. The third-order valence-electron chi connectivity index (χ3n) is 3.89. The van der Waals surface area contributed by atoms with Gasteiger partial charge in [0.15, 0.2) is 5.96 Å². The number of aliphatic imine (C=N–C) groups is 1. The molecular formula is C20H21N5O2. The summed E-state index contributed by atoms with van der Waals surface area (Å²) < 4.78 is 5.55. The normalized spacial score (nSPS) is 11.4. The monoisotopic (exact) mass is 363 g/mol. The molecular weight excluding hydrogens is 342 g/mol. The molecule has 0 bridgehead atoms. The number of guanidine groups is 1. The van der Waals surface area contributed by atoms with Crippen molar-refractivity contribution < 1.29 is 9.21 Å². The number of nitrogens with zero attached hydrogens (tertiary/aromatic N) is 3. The fourth-order valence-electron chi connectivity index (χ4n) is 2.56. The van der Waals surface area contributed by atoms with E-state index in [0.29, 0.717) is 17.0 Å². The molecule has 0 aliphatic heterocycles. The molecule has 0 radical (unpaired) electrons. The summed E-state index contributed by atoms with van der Waals surface area (Å²) >= 11 is 0. The Kier molecular flexibility index (Phi) is 4.94. The van der Waals surface area contributed by atoms with Gasteiger partial charge in [0.25, 0.3) is 5.91 Å². The minimum absolute atomic E-state index is 0.165. The van der Waals surface area contributed by atoms with Gasteiger partial charge in [-0.25, -0.2) is 4.99 Å². The van der Waals surface area contributed by atoms with Gasteiger partial charge < -0.3 is 20.4 Å². The van der Waals surface area contributed by atoms with Crippen LogP contribution >= 0.6 is 0 Å². The Morgan fingerprint density at radius 3 is 2.70 bits per heavy atom. The lowest BCUT2D eigenvalue weighted by Gasteiger charge is -2.10. The summed E-state index contributed by atoms with van der Waals surface area (Å²) in [7, 11) is 3.35. The van der Waals surface area contributed by atoms with Crippen LogP contribution in [0.25, 0.3) is 16.7 Å². The summed E-state index contributed by atoms with van der Waals surface area (Å²) in [4.78, 5) is 21.8. The molecule has 7 heteroatoms. The van der Waals surface area contributed by atoms with Crippen LogP contribution in [0.15, 0.2) is 58.6 Å². The third kappa shape index (κ3) is 4.14. The lowest BCUT2D eigenvalue weighted by molar-refractivity contribution is 0.0822. The van der Waals surface area contributed by atoms with Crippen molar-refractivity contribution in [2.45, 2.75) is 6.92 Å². The molecule has 0 saturated heterocycles. The number of hydrogen-bond donors (Lipinski definition) is 2. The second-order valence-electron chi connectivity index (χ2n) is 6.31. The molecule has 0 aliphatic carbocycles. The van der Waals surface area contributed by atoms with E-state index in [1.807, 2.05) is 31.2 Å². The van der Waals surface area contributed by atoms with Crippen LogP contribution in [0.1, 0.15) is 21.8 Å². The number of aryl methyl sites for hydroxylation is 1. The van der Waals surface area contributed by atoms with Crippen molar-refractivity contribution >= 4 is 34.2 Å². The SMILES string of the molecule is C=C(N=C(N)Nc1ccc2oc(C)cc2c1)c1ccc(C(=O)N(C)C)nc1. The summed E-state index contributed by atoms with van der Waals surface area (Å²) in [6.07, 6.45) is 1.55. The van der Waals surface area contributed by atoms with Crippen LogP contribution in [0.3, 0.4) is 0 Å². The topological polar surface area (TPSA) is 96.8 Å². The average Bonchev–Trinajstić information content (AvgIpc) is 3.00. The van der Waals surface area contributed by atoms with Gasteiger partial charge in [-0.2, -0.15) is 0 Å². The zero-order chi connectivity index (χ0) is 19.6. The zero-order valence-corrected chi connectivity index (χ0v) is 15.5. The Hall–Kier alpha value is -3.61. The number of carbonyl (C=O) groups excluding carboxylic acids is 1. The number of fused-ring (bicyclic) bond motifs is 1. The van der Waals surface area contributed by atoms with Crippen LogP contribution in [0.2, 0.25) is 0 Å². The summed E-state index contributed by atoms with van der Waals surface area (Å²) in [5.74, 6) is 0.885. The maximum absolute atomic E-state index is 11.9. The Labute approximate surface area is 157 Å². The van der Waals surface area contributed by atoms with E-state index in [0.717, 1.165) is 22.4 Å². The summed E-state index contributed by atoms with van der Waals surface area (Å²) in [5.41, 5.74) is 9.07.